The maximum atomic E-state index is 13.1. The van der Waals surface area contributed by atoms with Gasteiger partial charge in [-0.15, -0.1) is 11.3 Å². The summed E-state index contributed by atoms with van der Waals surface area (Å²) in [6.07, 6.45) is 4.31. The van der Waals surface area contributed by atoms with Crippen LogP contribution in [0.4, 0.5) is 5.69 Å². The molecule has 0 fully saturated rings. The quantitative estimate of drug-likeness (QED) is 0.526. The van der Waals surface area contributed by atoms with Crippen LogP contribution in [0.2, 0.25) is 0 Å². The lowest BCUT2D eigenvalue weighted by molar-refractivity contribution is 0.317. The van der Waals surface area contributed by atoms with Gasteiger partial charge in [0.15, 0.2) is 0 Å². The van der Waals surface area contributed by atoms with Gasteiger partial charge in [0.05, 0.1) is 28.9 Å². The molecule has 6 nitrogen and oxygen atoms in total. The highest BCUT2D eigenvalue weighted by molar-refractivity contribution is 7.25. The summed E-state index contributed by atoms with van der Waals surface area (Å²) in [5.41, 5.74) is 2.38. The Morgan fingerprint density at radius 1 is 1.15 bits per heavy atom. The van der Waals surface area contributed by atoms with Crippen LogP contribution < -0.4 is 15.2 Å². The van der Waals surface area contributed by atoms with Gasteiger partial charge in [-0.2, -0.15) is 0 Å². The molecule has 1 aromatic carbocycles. The van der Waals surface area contributed by atoms with Crippen molar-refractivity contribution in [1.29, 1.82) is 0 Å². The van der Waals surface area contributed by atoms with Gasteiger partial charge in [-0.1, -0.05) is 6.92 Å². The van der Waals surface area contributed by atoms with Gasteiger partial charge in [-0.05, 0) is 36.8 Å². The number of thiophene rings is 1. The van der Waals surface area contributed by atoms with Gasteiger partial charge < -0.3 is 9.64 Å². The first-order chi connectivity index (χ1) is 13.1. The third-order valence-corrected chi connectivity index (χ3v) is 5.40. The number of rotatable bonds is 5. The minimum Gasteiger partial charge on any atom is -0.494 e. The van der Waals surface area contributed by atoms with Crippen LogP contribution in [0.25, 0.3) is 26.1 Å². The largest absolute Gasteiger partial charge is 0.494 e. The maximum absolute atomic E-state index is 13.1. The van der Waals surface area contributed by atoms with Crippen LogP contribution in [-0.2, 0) is 0 Å². The summed E-state index contributed by atoms with van der Waals surface area (Å²) in [6, 6.07) is 9.43. The van der Waals surface area contributed by atoms with Gasteiger partial charge in [0.1, 0.15) is 21.6 Å². The molecule has 138 valence electrons. The second-order valence-electron chi connectivity index (χ2n) is 6.45. The highest BCUT2D eigenvalue weighted by Gasteiger charge is 2.16. The van der Waals surface area contributed by atoms with Gasteiger partial charge in [-0.25, -0.2) is 9.97 Å². The Kier molecular flexibility index (Phi) is 4.53. The molecule has 0 N–H and O–H groups in total. The smallest absolute Gasteiger partial charge is 0.275 e. The molecule has 4 aromatic rings. The molecule has 0 saturated carbocycles. The first kappa shape index (κ1) is 17.5. The van der Waals surface area contributed by atoms with Crippen LogP contribution in [0.15, 0.2) is 47.7 Å². The van der Waals surface area contributed by atoms with Crippen molar-refractivity contribution in [2.75, 3.05) is 25.6 Å². The van der Waals surface area contributed by atoms with E-state index in [4.69, 9.17) is 4.74 Å². The third-order valence-electron chi connectivity index (χ3n) is 4.33. The summed E-state index contributed by atoms with van der Waals surface area (Å²) >= 11 is 1.38. The summed E-state index contributed by atoms with van der Waals surface area (Å²) in [7, 11) is 3.95. The van der Waals surface area contributed by atoms with E-state index in [0.29, 0.717) is 16.8 Å². The topological polar surface area (TPSA) is 60.2 Å². The Morgan fingerprint density at radius 3 is 2.63 bits per heavy atom. The summed E-state index contributed by atoms with van der Waals surface area (Å²) in [5.74, 6) is 0.796. The molecule has 0 unspecified atom stereocenters. The molecule has 7 heteroatoms. The first-order valence-electron chi connectivity index (χ1n) is 8.79. The zero-order valence-corrected chi connectivity index (χ0v) is 16.3. The number of aromatic nitrogens is 3. The Labute approximate surface area is 160 Å². The Morgan fingerprint density at radius 2 is 1.93 bits per heavy atom. The first-order valence-corrected chi connectivity index (χ1v) is 9.61. The molecule has 3 heterocycles. The Hall–Kier alpha value is -2.93. The van der Waals surface area contributed by atoms with Crippen molar-refractivity contribution in [3.8, 4) is 11.4 Å². The van der Waals surface area contributed by atoms with Gasteiger partial charge in [0.2, 0.25) is 0 Å². The molecule has 0 aliphatic rings. The van der Waals surface area contributed by atoms with Crippen LogP contribution in [-0.4, -0.2) is 35.2 Å². The number of nitrogens with zero attached hydrogens (tertiary/aromatic N) is 4. The molecule has 4 rings (SSSR count). The molecular formula is C20H20N4O2S. The second-order valence-corrected chi connectivity index (χ2v) is 7.45. The SMILES string of the molecule is CCCOc1ccc(-n2cnc3c(sc4nccc(N(C)C)c43)c2=O)cc1. The summed E-state index contributed by atoms with van der Waals surface area (Å²) in [6.45, 7) is 2.74. The van der Waals surface area contributed by atoms with E-state index in [1.165, 1.54) is 11.3 Å². The molecule has 0 bridgehead atoms. The van der Waals surface area contributed by atoms with Crippen molar-refractivity contribution in [2.45, 2.75) is 13.3 Å². The number of benzene rings is 1. The molecule has 0 aliphatic heterocycles. The van der Waals surface area contributed by atoms with E-state index < -0.39 is 0 Å². The van der Waals surface area contributed by atoms with Crippen LogP contribution in [0.5, 0.6) is 5.75 Å². The van der Waals surface area contributed by atoms with Crippen LogP contribution in [0.1, 0.15) is 13.3 Å². The average Bonchev–Trinajstić information content (AvgIpc) is 3.07. The number of pyridine rings is 1. The fourth-order valence-corrected chi connectivity index (χ4v) is 4.06. The highest BCUT2D eigenvalue weighted by atomic mass is 32.1. The summed E-state index contributed by atoms with van der Waals surface area (Å²) in [4.78, 5) is 25.0. The van der Waals surface area contributed by atoms with Gasteiger partial charge in [-0.3, -0.25) is 9.36 Å². The maximum Gasteiger partial charge on any atom is 0.275 e. The average molecular weight is 380 g/mol. The Bertz CT molecular complexity index is 1160. The number of anilines is 1. The number of hydrogen-bond acceptors (Lipinski definition) is 6. The molecule has 27 heavy (non-hydrogen) atoms. The Balaban J connectivity index is 1.84. The van der Waals surface area contributed by atoms with Gasteiger partial charge in [0, 0.05) is 20.3 Å². The monoisotopic (exact) mass is 380 g/mol. The zero-order valence-electron chi connectivity index (χ0n) is 15.5. The molecule has 0 atom stereocenters. The van der Waals surface area contributed by atoms with E-state index in [2.05, 4.69) is 16.9 Å². The van der Waals surface area contributed by atoms with Crippen molar-refractivity contribution in [3.05, 3.63) is 53.2 Å². The third kappa shape index (κ3) is 3.04. The normalized spacial score (nSPS) is 11.2. The van der Waals surface area contributed by atoms with Gasteiger partial charge in [0.25, 0.3) is 5.56 Å². The summed E-state index contributed by atoms with van der Waals surface area (Å²) in [5, 5.41) is 0.926. The minimum atomic E-state index is -0.0880. The van der Waals surface area contributed by atoms with Crippen LogP contribution in [0, 0.1) is 0 Å². The van der Waals surface area contributed by atoms with Crippen molar-refractivity contribution in [2.24, 2.45) is 0 Å². The minimum absolute atomic E-state index is 0.0880. The van der Waals surface area contributed by atoms with E-state index in [0.717, 1.165) is 33.8 Å². The van der Waals surface area contributed by atoms with E-state index >= 15 is 0 Å². The second kappa shape index (κ2) is 7.00. The van der Waals surface area contributed by atoms with Crippen molar-refractivity contribution < 1.29 is 4.74 Å². The molecule has 0 radical (unpaired) electrons. The molecular weight excluding hydrogens is 360 g/mol. The van der Waals surface area contributed by atoms with E-state index in [1.807, 2.05) is 49.3 Å². The van der Waals surface area contributed by atoms with E-state index in [9.17, 15) is 4.79 Å². The zero-order chi connectivity index (χ0) is 19.0. The van der Waals surface area contributed by atoms with Crippen LogP contribution >= 0.6 is 11.3 Å². The lowest BCUT2D eigenvalue weighted by Gasteiger charge is -2.13. The number of ether oxygens (including phenoxy) is 1. The standard InChI is InChI=1S/C20H20N4O2S/c1-4-11-26-14-7-5-13(6-8-14)24-12-22-17-16-15(23(2)3)9-10-21-19(16)27-18(17)20(24)25/h5-10,12H,4,11H2,1-3H3. The highest BCUT2D eigenvalue weighted by Crippen LogP contribution is 2.35. The molecule has 0 spiro atoms. The number of hydrogen-bond donors (Lipinski definition) is 0. The van der Waals surface area contributed by atoms with Crippen molar-refractivity contribution in [3.63, 3.8) is 0 Å². The fraction of sp³-hybridized carbons (Fsp3) is 0.250. The molecule has 3 aromatic heterocycles. The van der Waals surface area contributed by atoms with E-state index in [1.54, 1.807) is 17.1 Å². The lowest BCUT2D eigenvalue weighted by atomic mass is 10.2. The molecule has 0 aliphatic carbocycles. The molecule has 0 amide bonds. The number of fused-ring (bicyclic) bond motifs is 3. The predicted molar refractivity (Wildman–Crippen MR) is 111 cm³/mol. The predicted octanol–water partition coefficient (Wildman–Crippen LogP) is 3.85. The lowest BCUT2D eigenvalue weighted by Crippen LogP contribution is -2.17. The fourth-order valence-electron chi connectivity index (χ4n) is 3.02. The van der Waals surface area contributed by atoms with Gasteiger partial charge >= 0.3 is 0 Å². The van der Waals surface area contributed by atoms with Crippen molar-refractivity contribution in [1.82, 2.24) is 14.5 Å². The summed E-state index contributed by atoms with van der Waals surface area (Å²) < 4.78 is 7.79. The van der Waals surface area contributed by atoms with Crippen LogP contribution in [0.3, 0.4) is 0 Å². The van der Waals surface area contributed by atoms with Crippen molar-refractivity contribution >= 4 is 37.5 Å². The van der Waals surface area contributed by atoms with E-state index in [-0.39, 0.29) is 5.56 Å². The molecule has 0 saturated heterocycles.